The van der Waals surface area contributed by atoms with E-state index >= 15 is 0 Å². The van der Waals surface area contributed by atoms with E-state index in [1.54, 1.807) is 0 Å². The topological polar surface area (TPSA) is 52.6 Å². The summed E-state index contributed by atoms with van der Waals surface area (Å²) in [6, 6.07) is 7.32. The summed E-state index contributed by atoms with van der Waals surface area (Å²) in [4.78, 5) is 0. The average molecular weight is 293 g/mol. The van der Waals surface area contributed by atoms with E-state index in [0.717, 1.165) is 11.5 Å². The summed E-state index contributed by atoms with van der Waals surface area (Å²) in [5, 5.41) is 0. The Labute approximate surface area is 112 Å². The second-order valence-corrected chi connectivity index (χ2v) is 6.60. The van der Waals surface area contributed by atoms with E-state index in [1.807, 2.05) is 31.2 Å². The minimum atomic E-state index is -3.38. The SMILES string of the molecule is CCOc1ccc(OCCCCS(=O)(=O)Cl)cc1. The molecule has 0 heterocycles. The molecule has 102 valence electrons. The highest BCUT2D eigenvalue weighted by atomic mass is 35.7. The normalized spacial score (nSPS) is 11.2. The van der Waals surface area contributed by atoms with Gasteiger partial charge in [-0.1, -0.05) is 0 Å². The van der Waals surface area contributed by atoms with Crippen molar-refractivity contribution < 1.29 is 17.9 Å². The van der Waals surface area contributed by atoms with Gasteiger partial charge in [-0.3, -0.25) is 0 Å². The van der Waals surface area contributed by atoms with E-state index in [4.69, 9.17) is 20.2 Å². The molecule has 0 aliphatic carbocycles. The Hall–Kier alpha value is -0.940. The van der Waals surface area contributed by atoms with E-state index < -0.39 is 9.05 Å². The first kappa shape index (κ1) is 15.1. The van der Waals surface area contributed by atoms with Crippen LogP contribution in [0.15, 0.2) is 24.3 Å². The molecule has 0 fully saturated rings. The second kappa shape index (κ2) is 7.48. The Bertz CT molecular complexity index is 442. The third kappa shape index (κ3) is 6.71. The van der Waals surface area contributed by atoms with Crippen LogP contribution in [-0.4, -0.2) is 27.4 Å². The third-order valence-corrected chi connectivity index (χ3v) is 3.43. The van der Waals surface area contributed by atoms with Gasteiger partial charge in [0.15, 0.2) is 0 Å². The molecule has 0 amide bonds. The number of halogens is 1. The van der Waals surface area contributed by atoms with Gasteiger partial charge >= 0.3 is 0 Å². The Kier molecular flexibility index (Phi) is 6.29. The summed E-state index contributed by atoms with van der Waals surface area (Å²) in [5.74, 6) is 1.53. The lowest BCUT2D eigenvalue weighted by Gasteiger charge is -2.07. The second-order valence-electron chi connectivity index (χ2n) is 3.70. The minimum absolute atomic E-state index is 0.0127. The highest BCUT2D eigenvalue weighted by Crippen LogP contribution is 2.17. The largest absolute Gasteiger partial charge is 0.494 e. The van der Waals surface area contributed by atoms with Crippen molar-refractivity contribution in [2.45, 2.75) is 19.8 Å². The first-order chi connectivity index (χ1) is 8.51. The molecule has 0 spiro atoms. The van der Waals surface area contributed by atoms with Crippen LogP contribution in [0.25, 0.3) is 0 Å². The number of unbranched alkanes of at least 4 members (excludes halogenated alkanes) is 1. The molecular formula is C12H17ClO4S. The van der Waals surface area contributed by atoms with E-state index in [1.165, 1.54) is 0 Å². The summed E-state index contributed by atoms with van der Waals surface area (Å²) in [7, 11) is 1.71. The molecule has 0 N–H and O–H groups in total. The van der Waals surface area contributed by atoms with Crippen LogP contribution in [0.3, 0.4) is 0 Å². The lowest BCUT2D eigenvalue weighted by molar-refractivity contribution is 0.307. The maximum absolute atomic E-state index is 10.7. The molecule has 1 aromatic carbocycles. The molecule has 0 radical (unpaired) electrons. The average Bonchev–Trinajstić information content (AvgIpc) is 2.30. The first-order valence-corrected chi connectivity index (χ1v) is 8.27. The summed E-state index contributed by atoms with van der Waals surface area (Å²) in [5.41, 5.74) is 0. The molecule has 1 aromatic rings. The van der Waals surface area contributed by atoms with Crippen LogP contribution >= 0.6 is 10.7 Å². The lowest BCUT2D eigenvalue weighted by Crippen LogP contribution is -2.02. The molecule has 0 unspecified atom stereocenters. The highest BCUT2D eigenvalue weighted by Gasteiger charge is 2.04. The first-order valence-electron chi connectivity index (χ1n) is 5.79. The zero-order chi connectivity index (χ0) is 13.4. The van der Waals surface area contributed by atoms with Gasteiger partial charge in [0.2, 0.25) is 9.05 Å². The van der Waals surface area contributed by atoms with Crippen LogP contribution in [-0.2, 0) is 9.05 Å². The van der Waals surface area contributed by atoms with Crippen molar-refractivity contribution in [3.05, 3.63) is 24.3 Å². The van der Waals surface area contributed by atoms with E-state index in [0.29, 0.717) is 26.1 Å². The fourth-order valence-electron chi connectivity index (χ4n) is 1.37. The van der Waals surface area contributed by atoms with Gasteiger partial charge < -0.3 is 9.47 Å². The van der Waals surface area contributed by atoms with E-state index in [9.17, 15) is 8.42 Å². The van der Waals surface area contributed by atoms with Crippen molar-refractivity contribution in [3.63, 3.8) is 0 Å². The van der Waals surface area contributed by atoms with Crippen LogP contribution in [0, 0.1) is 0 Å². The van der Waals surface area contributed by atoms with Crippen LogP contribution in [0.1, 0.15) is 19.8 Å². The van der Waals surface area contributed by atoms with Gasteiger partial charge in [0, 0.05) is 10.7 Å². The summed E-state index contributed by atoms with van der Waals surface area (Å²) in [6.45, 7) is 3.03. The monoisotopic (exact) mass is 292 g/mol. The summed E-state index contributed by atoms with van der Waals surface area (Å²) >= 11 is 0. The van der Waals surface area contributed by atoms with Gasteiger partial charge in [-0.05, 0) is 44.0 Å². The Balaban J connectivity index is 2.23. The number of hydrogen-bond acceptors (Lipinski definition) is 4. The molecule has 0 aliphatic rings. The maximum Gasteiger partial charge on any atom is 0.232 e. The standard InChI is InChI=1S/C12H17ClO4S/c1-2-16-11-5-7-12(8-6-11)17-9-3-4-10-18(13,14)15/h5-8H,2-4,9-10H2,1H3. The third-order valence-electron chi connectivity index (χ3n) is 2.19. The van der Waals surface area contributed by atoms with Gasteiger partial charge in [0.25, 0.3) is 0 Å². The minimum Gasteiger partial charge on any atom is -0.494 e. The molecule has 0 aliphatic heterocycles. The fourth-order valence-corrected chi connectivity index (χ4v) is 2.24. The van der Waals surface area contributed by atoms with Crippen molar-refractivity contribution >= 4 is 19.7 Å². The van der Waals surface area contributed by atoms with E-state index in [-0.39, 0.29) is 5.75 Å². The zero-order valence-corrected chi connectivity index (χ0v) is 11.8. The molecule has 0 saturated carbocycles. The highest BCUT2D eigenvalue weighted by molar-refractivity contribution is 8.13. The van der Waals surface area contributed by atoms with Gasteiger partial charge in [-0.15, -0.1) is 0 Å². The smallest absolute Gasteiger partial charge is 0.232 e. The van der Waals surface area contributed by atoms with Crippen molar-refractivity contribution in [1.29, 1.82) is 0 Å². The molecule has 4 nitrogen and oxygen atoms in total. The van der Waals surface area contributed by atoms with E-state index in [2.05, 4.69) is 0 Å². The van der Waals surface area contributed by atoms with Crippen LogP contribution in [0.5, 0.6) is 11.5 Å². The van der Waals surface area contributed by atoms with Crippen molar-refractivity contribution in [3.8, 4) is 11.5 Å². The molecule has 0 bridgehead atoms. The van der Waals surface area contributed by atoms with Gasteiger partial charge in [0.1, 0.15) is 11.5 Å². The molecule has 1 rings (SSSR count). The Morgan fingerprint density at radius 2 is 1.61 bits per heavy atom. The molecule has 18 heavy (non-hydrogen) atoms. The predicted octanol–water partition coefficient (Wildman–Crippen LogP) is 2.81. The van der Waals surface area contributed by atoms with Crippen LogP contribution in [0.2, 0.25) is 0 Å². The number of hydrogen-bond donors (Lipinski definition) is 0. The van der Waals surface area contributed by atoms with Crippen molar-refractivity contribution in [2.24, 2.45) is 0 Å². The molecular weight excluding hydrogens is 276 g/mol. The van der Waals surface area contributed by atoms with Crippen molar-refractivity contribution in [1.82, 2.24) is 0 Å². The molecule has 0 atom stereocenters. The van der Waals surface area contributed by atoms with Gasteiger partial charge in [-0.2, -0.15) is 0 Å². The summed E-state index contributed by atoms with van der Waals surface area (Å²) in [6.07, 6.45) is 1.15. The van der Waals surface area contributed by atoms with Crippen molar-refractivity contribution in [2.75, 3.05) is 19.0 Å². The van der Waals surface area contributed by atoms with Crippen LogP contribution in [0.4, 0.5) is 0 Å². The number of ether oxygens (including phenoxy) is 2. The maximum atomic E-state index is 10.7. The van der Waals surface area contributed by atoms with Gasteiger partial charge in [-0.25, -0.2) is 8.42 Å². The molecule has 0 aromatic heterocycles. The Morgan fingerprint density at radius 3 is 2.11 bits per heavy atom. The fraction of sp³-hybridized carbons (Fsp3) is 0.500. The number of benzene rings is 1. The van der Waals surface area contributed by atoms with Gasteiger partial charge in [0.05, 0.1) is 19.0 Å². The predicted molar refractivity (Wildman–Crippen MR) is 72.0 cm³/mol. The Morgan fingerprint density at radius 1 is 1.06 bits per heavy atom. The summed E-state index contributed by atoms with van der Waals surface area (Å²) < 4.78 is 32.1. The quantitative estimate of drug-likeness (QED) is 0.546. The molecule has 6 heteroatoms. The lowest BCUT2D eigenvalue weighted by atomic mass is 10.3. The number of rotatable bonds is 8. The molecule has 0 saturated heterocycles. The zero-order valence-electron chi connectivity index (χ0n) is 10.3. The van der Waals surface area contributed by atoms with Crippen LogP contribution < -0.4 is 9.47 Å².